The number of carbonyl (C=O) groups excluding carboxylic acids is 1. The molecule has 2 N–H and O–H groups in total. The van der Waals surface area contributed by atoms with Gasteiger partial charge >= 0.3 is 5.97 Å². The first-order valence-electron chi connectivity index (χ1n) is 8.95. The monoisotopic (exact) mass is 444 g/mol. The predicted molar refractivity (Wildman–Crippen MR) is 117 cm³/mol. The van der Waals surface area contributed by atoms with Gasteiger partial charge in [-0.05, 0) is 72.8 Å². The second-order valence-electron chi connectivity index (χ2n) is 6.64. The van der Waals surface area contributed by atoms with Crippen molar-refractivity contribution in [3.05, 3.63) is 76.7 Å². The van der Waals surface area contributed by atoms with E-state index in [2.05, 4.69) is 5.32 Å². The van der Waals surface area contributed by atoms with E-state index in [9.17, 15) is 18.0 Å². The standard InChI is InChI=1S/C21H20N2O5S2/c1-14-5-10-18(12-15(14)2)23(30(27,28)20-4-3-11-29-20)13-19(24)22-17-8-6-16(7-9-17)21(25)26/h3-12H,13H2,1-2H3,(H,22,24)(H,25,26). The van der Waals surface area contributed by atoms with Crippen LogP contribution in [-0.4, -0.2) is 31.9 Å². The molecule has 0 radical (unpaired) electrons. The lowest BCUT2D eigenvalue weighted by Crippen LogP contribution is -2.38. The van der Waals surface area contributed by atoms with Crippen LogP contribution in [-0.2, 0) is 14.8 Å². The number of carboxylic acids is 1. The van der Waals surface area contributed by atoms with Crippen LogP contribution in [0.15, 0.2) is 64.2 Å². The van der Waals surface area contributed by atoms with Gasteiger partial charge in [-0.3, -0.25) is 9.10 Å². The fraction of sp³-hybridized carbons (Fsp3) is 0.143. The lowest BCUT2D eigenvalue weighted by atomic mass is 10.1. The molecular formula is C21H20N2O5S2. The number of amides is 1. The molecule has 1 amide bonds. The Kier molecular flexibility index (Phi) is 6.23. The number of carboxylic acid groups (broad SMARTS) is 1. The first kappa shape index (κ1) is 21.5. The van der Waals surface area contributed by atoms with Gasteiger partial charge in [-0.25, -0.2) is 13.2 Å². The van der Waals surface area contributed by atoms with E-state index in [1.807, 2.05) is 19.9 Å². The Labute approximate surface area is 178 Å². The summed E-state index contributed by atoms with van der Waals surface area (Å²) in [6, 6.07) is 14.0. The number of hydrogen-bond donors (Lipinski definition) is 2. The first-order valence-corrected chi connectivity index (χ1v) is 11.3. The van der Waals surface area contributed by atoms with Crippen LogP contribution < -0.4 is 9.62 Å². The SMILES string of the molecule is Cc1ccc(N(CC(=O)Nc2ccc(C(=O)O)cc2)S(=O)(=O)c2cccs2)cc1C. The number of thiophene rings is 1. The number of nitrogens with one attached hydrogen (secondary N) is 1. The highest BCUT2D eigenvalue weighted by molar-refractivity contribution is 7.94. The summed E-state index contributed by atoms with van der Waals surface area (Å²) >= 11 is 1.08. The Morgan fingerprint density at radius 2 is 1.73 bits per heavy atom. The van der Waals surface area contributed by atoms with Crippen molar-refractivity contribution < 1.29 is 23.1 Å². The van der Waals surface area contributed by atoms with Crippen molar-refractivity contribution in [3.8, 4) is 0 Å². The van der Waals surface area contributed by atoms with Crippen LogP contribution in [0.1, 0.15) is 21.5 Å². The van der Waals surface area contributed by atoms with Gasteiger partial charge in [0.2, 0.25) is 5.91 Å². The van der Waals surface area contributed by atoms with Crippen LogP contribution in [0, 0.1) is 13.8 Å². The number of rotatable bonds is 7. The second-order valence-corrected chi connectivity index (χ2v) is 9.68. The van der Waals surface area contributed by atoms with Gasteiger partial charge in [0.1, 0.15) is 10.8 Å². The molecule has 3 rings (SSSR count). The van der Waals surface area contributed by atoms with Gasteiger partial charge in [0.05, 0.1) is 11.3 Å². The molecule has 1 aromatic heterocycles. The van der Waals surface area contributed by atoms with Crippen LogP contribution in [0.5, 0.6) is 0 Å². The van der Waals surface area contributed by atoms with Crippen LogP contribution in [0.25, 0.3) is 0 Å². The molecule has 0 saturated carbocycles. The van der Waals surface area contributed by atoms with Crippen molar-refractivity contribution in [2.45, 2.75) is 18.1 Å². The molecule has 1 heterocycles. The van der Waals surface area contributed by atoms with Gasteiger partial charge in [0.15, 0.2) is 0 Å². The van der Waals surface area contributed by atoms with E-state index in [0.29, 0.717) is 11.4 Å². The molecule has 156 valence electrons. The topological polar surface area (TPSA) is 104 Å². The minimum Gasteiger partial charge on any atom is -0.478 e. The number of nitrogens with zero attached hydrogens (tertiary/aromatic N) is 1. The Balaban J connectivity index is 1.89. The second kappa shape index (κ2) is 8.68. The van der Waals surface area contributed by atoms with E-state index < -0.39 is 28.4 Å². The summed E-state index contributed by atoms with van der Waals surface area (Å²) in [4.78, 5) is 23.6. The normalized spacial score (nSPS) is 11.1. The average molecular weight is 445 g/mol. The lowest BCUT2D eigenvalue weighted by Gasteiger charge is -2.24. The summed E-state index contributed by atoms with van der Waals surface area (Å²) in [7, 11) is -3.93. The molecule has 2 aromatic carbocycles. The maximum absolute atomic E-state index is 13.2. The highest BCUT2D eigenvalue weighted by Gasteiger charge is 2.28. The highest BCUT2D eigenvalue weighted by atomic mass is 32.2. The van der Waals surface area contributed by atoms with Crippen molar-refractivity contribution in [3.63, 3.8) is 0 Å². The van der Waals surface area contributed by atoms with Crippen molar-refractivity contribution in [2.75, 3.05) is 16.2 Å². The van der Waals surface area contributed by atoms with E-state index in [1.165, 1.54) is 30.3 Å². The Hall–Kier alpha value is -3.17. The molecule has 30 heavy (non-hydrogen) atoms. The number of carbonyl (C=O) groups is 2. The fourth-order valence-corrected chi connectivity index (χ4v) is 5.26. The van der Waals surface area contributed by atoms with E-state index >= 15 is 0 Å². The molecule has 0 fully saturated rings. The van der Waals surface area contributed by atoms with Crippen molar-refractivity contribution in [1.82, 2.24) is 0 Å². The van der Waals surface area contributed by atoms with Crippen LogP contribution in [0.2, 0.25) is 0 Å². The Morgan fingerprint density at radius 3 is 2.30 bits per heavy atom. The number of anilines is 2. The Morgan fingerprint density at radius 1 is 1.03 bits per heavy atom. The van der Waals surface area contributed by atoms with Crippen LogP contribution in [0.4, 0.5) is 11.4 Å². The van der Waals surface area contributed by atoms with Gasteiger partial charge in [0.25, 0.3) is 10.0 Å². The first-order chi connectivity index (χ1) is 14.2. The van der Waals surface area contributed by atoms with Crippen LogP contribution >= 0.6 is 11.3 Å². The third kappa shape index (κ3) is 4.69. The predicted octanol–water partition coefficient (Wildman–Crippen LogP) is 3.90. The molecule has 0 unspecified atom stereocenters. The van der Waals surface area contributed by atoms with Gasteiger partial charge < -0.3 is 10.4 Å². The van der Waals surface area contributed by atoms with E-state index in [0.717, 1.165) is 26.8 Å². The van der Waals surface area contributed by atoms with Crippen LogP contribution in [0.3, 0.4) is 0 Å². The summed E-state index contributed by atoms with van der Waals surface area (Å²) in [5.74, 6) is -1.62. The quantitative estimate of drug-likeness (QED) is 0.575. The summed E-state index contributed by atoms with van der Waals surface area (Å²) in [5.41, 5.74) is 2.77. The Bertz CT molecular complexity index is 1170. The van der Waals surface area contributed by atoms with Gasteiger partial charge in [-0.1, -0.05) is 12.1 Å². The zero-order valence-corrected chi connectivity index (χ0v) is 18.0. The van der Waals surface area contributed by atoms with Crippen molar-refractivity contribution >= 4 is 44.6 Å². The average Bonchev–Trinajstić information content (AvgIpc) is 3.24. The number of aryl methyl sites for hydroxylation is 2. The number of hydrogen-bond acceptors (Lipinski definition) is 5. The van der Waals surface area contributed by atoms with Gasteiger partial charge in [0, 0.05) is 5.69 Å². The summed E-state index contributed by atoms with van der Waals surface area (Å²) in [6.45, 7) is 3.37. The van der Waals surface area contributed by atoms with Gasteiger partial charge in [-0.2, -0.15) is 0 Å². The molecule has 0 saturated heterocycles. The summed E-state index contributed by atoms with van der Waals surface area (Å²) < 4.78 is 27.6. The smallest absolute Gasteiger partial charge is 0.335 e. The zero-order chi connectivity index (χ0) is 21.9. The molecule has 0 aliphatic carbocycles. The number of aromatic carboxylic acids is 1. The molecule has 9 heteroatoms. The molecule has 0 spiro atoms. The van der Waals surface area contributed by atoms with E-state index in [4.69, 9.17) is 5.11 Å². The summed E-state index contributed by atoms with van der Waals surface area (Å²) in [5, 5.41) is 13.2. The molecule has 7 nitrogen and oxygen atoms in total. The van der Waals surface area contributed by atoms with Gasteiger partial charge in [-0.15, -0.1) is 11.3 Å². The minimum atomic E-state index is -3.93. The van der Waals surface area contributed by atoms with E-state index in [1.54, 1.807) is 23.6 Å². The number of sulfonamides is 1. The molecule has 0 bridgehead atoms. The third-order valence-corrected chi connectivity index (χ3v) is 7.67. The zero-order valence-electron chi connectivity index (χ0n) is 16.3. The van der Waals surface area contributed by atoms with E-state index in [-0.39, 0.29) is 9.77 Å². The lowest BCUT2D eigenvalue weighted by molar-refractivity contribution is -0.114. The largest absolute Gasteiger partial charge is 0.478 e. The molecule has 0 aliphatic heterocycles. The van der Waals surface area contributed by atoms with Crippen molar-refractivity contribution in [1.29, 1.82) is 0 Å². The summed E-state index contributed by atoms with van der Waals surface area (Å²) in [6.07, 6.45) is 0. The minimum absolute atomic E-state index is 0.0880. The molecule has 0 aliphatic rings. The fourth-order valence-electron chi connectivity index (χ4n) is 2.74. The maximum Gasteiger partial charge on any atom is 0.335 e. The highest BCUT2D eigenvalue weighted by Crippen LogP contribution is 2.28. The molecule has 0 atom stereocenters. The van der Waals surface area contributed by atoms with Crippen molar-refractivity contribution in [2.24, 2.45) is 0 Å². The molecular weight excluding hydrogens is 424 g/mol. The third-order valence-electron chi connectivity index (χ3n) is 4.52. The number of benzene rings is 2. The molecule has 3 aromatic rings. The maximum atomic E-state index is 13.2.